The van der Waals surface area contributed by atoms with Crippen molar-refractivity contribution in [3.05, 3.63) is 35.4 Å². The van der Waals surface area contributed by atoms with E-state index in [-0.39, 0.29) is 5.78 Å². The molecule has 0 unspecified atom stereocenters. The van der Waals surface area contributed by atoms with Gasteiger partial charge in [0.2, 0.25) is 0 Å². The minimum absolute atomic E-state index is 0.224. The summed E-state index contributed by atoms with van der Waals surface area (Å²) < 4.78 is 0. The average molecular weight is 260 g/mol. The Labute approximate surface area is 116 Å². The number of nitrogens with zero attached hydrogens (tertiary/aromatic N) is 2. The lowest BCUT2D eigenvalue weighted by Gasteiger charge is -2.34. The van der Waals surface area contributed by atoms with Crippen molar-refractivity contribution in [2.24, 2.45) is 0 Å². The van der Waals surface area contributed by atoms with Gasteiger partial charge in [0.25, 0.3) is 0 Å². The zero-order valence-corrected chi connectivity index (χ0v) is 12.2. The molecular formula is C16H24N2O. The summed E-state index contributed by atoms with van der Waals surface area (Å²) in [5, 5.41) is 0. The van der Waals surface area contributed by atoms with Crippen molar-refractivity contribution >= 4 is 5.78 Å². The van der Waals surface area contributed by atoms with Gasteiger partial charge in [-0.25, -0.2) is 0 Å². The van der Waals surface area contributed by atoms with Gasteiger partial charge in [0.05, 0.1) is 6.54 Å². The van der Waals surface area contributed by atoms with E-state index in [2.05, 4.69) is 23.9 Å². The van der Waals surface area contributed by atoms with Crippen LogP contribution in [-0.4, -0.2) is 55.4 Å². The lowest BCUT2D eigenvalue weighted by Crippen LogP contribution is -2.43. The van der Waals surface area contributed by atoms with E-state index < -0.39 is 0 Å². The first-order valence-electron chi connectivity index (χ1n) is 7.05. The Morgan fingerprint density at radius 3 is 2.42 bits per heavy atom. The Morgan fingerprint density at radius 2 is 1.84 bits per heavy atom. The van der Waals surface area contributed by atoms with Crippen molar-refractivity contribution in [3.8, 4) is 0 Å². The number of likely N-dealkylation sites (N-methyl/N-ethyl adjacent to an activating group) is 1. The number of benzene rings is 1. The van der Waals surface area contributed by atoms with Crippen LogP contribution in [0.25, 0.3) is 0 Å². The highest BCUT2D eigenvalue weighted by Crippen LogP contribution is 2.15. The summed E-state index contributed by atoms with van der Waals surface area (Å²) in [6.45, 7) is 4.83. The van der Waals surface area contributed by atoms with Crippen LogP contribution < -0.4 is 0 Å². The molecule has 0 aromatic heterocycles. The largest absolute Gasteiger partial charge is 0.306 e. The van der Waals surface area contributed by atoms with Crippen molar-refractivity contribution in [1.82, 2.24) is 9.80 Å². The van der Waals surface area contributed by atoms with Crippen LogP contribution in [0.15, 0.2) is 24.3 Å². The summed E-state index contributed by atoms with van der Waals surface area (Å²) in [4.78, 5) is 16.8. The molecule has 1 aliphatic heterocycles. The molecule has 1 aromatic rings. The predicted molar refractivity (Wildman–Crippen MR) is 78.7 cm³/mol. The third-order valence-corrected chi connectivity index (χ3v) is 4.08. The van der Waals surface area contributed by atoms with Gasteiger partial charge in [0.1, 0.15) is 0 Å². The molecular weight excluding hydrogens is 236 g/mol. The molecule has 1 saturated heterocycles. The molecule has 1 aromatic carbocycles. The zero-order valence-electron chi connectivity index (χ0n) is 12.2. The Morgan fingerprint density at radius 1 is 1.26 bits per heavy atom. The molecule has 0 radical (unpaired) electrons. The first-order valence-corrected chi connectivity index (χ1v) is 7.05. The van der Waals surface area contributed by atoms with Crippen LogP contribution in [0.2, 0.25) is 0 Å². The second kappa shape index (κ2) is 6.31. The summed E-state index contributed by atoms with van der Waals surface area (Å²) in [6, 6.07) is 8.41. The van der Waals surface area contributed by atoms with Gasteiger partial charge >= 0.3 is 0 Å². The second-order valence-electron chi connectivity index (χ2n) is 5.74. The van der Waals surface area contributed by atoms with Crippen LogP contribution in [0.4, 0.5) is 0 Å². The number of ketones is 1. The van der Waals surface area contributed by atoms with E-state index in [9.17, 15) is 4.79 Å². The first-order chi connectivity index (χ1) is 9.06. The molecule has 0 saturated carbocycles. The fraction of sp³-hybridized carbons (Fsp3) is 0.562. The molecule has 1 aliphatic rings. The van der Waals surface area contributed by atoms with Gasteiger partial charge in [-0.1, -0.05) is 29.8 Å². The fourth-order valence-corrected chi connectivity index (χ4v) is 2.62. The molecule has 1 fully saturated rings. The first kappa shape index (κ1) is 14.2. The maximum absolute atomic E-state index is 12.2. The number of rotatable bonds is 4. The smallest absolute Gasteiger partial charge is 0.176 e. The molecule has 0 amide bonds. The van der Waals surface area contributed by atoms with Gasteiger partial charge in [0, 0.05) is 11.6 Å². The average Bonchev–Trinajstić information content (AvgIpc) is 2.40. The van der Waals surface area contributed by atoms with E-state index in [1.165, 1.54) is 5.56 Å². The number of Topliss-reactive ketones (excluding diaryl/α,β-unsaturated/α-hetero) is 1. The molecule has 2 rings (SSSR count). The van der Waals surface area contributed by atoms with E-state index in [0.29, 0.717) is 12.6 Å². The number of hydrogen-bond donors (Lipinski definition) is 0. The van der Waals surface area contributed by atoms with Crippen molar-refractivity contribution < 1.29 is 4.79 Å². The van der Waals surface area contributed by atoms with Crippen molar-refractivity contribution in [2.45, 2.75) is 25.8 Å². The molecule has 3 heteroatoms. The summed E-state index contributed by atoms with van der Waals surface area (Å²) in [5.74, 6) is 0.224. The predicted octanol–water partition coefficient (Wildman–Crippen LogP) is 2.20. The van der Waals surface area contributed by atoms with Crippen LogP contribution in [0.3, 0.4) is 0 Å². The molecule has 104 valence electrons. The topological polar surface area (TPSA) is 23.6 Å². The van der Waals surface area contributed by atoms with Gasteiger partial charge in [-0.2, -0.15) is 0 Å². The molecule has 0 aliphatic carbocycles. The van der Waals surface area contributed by atoms with Crippen LogP contribution in [-0.2, 0) is 0 Å². The Bertz CT molecular complexity index is 419. The van der Waals surface area contributed by atoms with Gasteiger partial charge < -0.3 is 4.90 Å². The number of piperidine rings is 1. The molecule has 0 bridgehead atoms. The zero-order chi connectivity index (χ0) is 13.8. The van der Waals surface area contributed by atoms with Crippen LogP contribution >= 0.6 is 0 Å². The number of likely N-dealkylation sites (tertiary alicyclic amines) is 1. The molecule has 0 atom stereocenters. The number of carbonyl (C=O) groups is 1. The minimum atomic E-state index is 0.224. The molecule has 0 N–H and O–H groups in total. The van der Waals surface area contributed by atoms with Crippen molar-refractivity contribution in [3.63, 3.8) is 0 Å². The maximum atomic E-state index is 12.2. The third-order valence-electron chi connectivity index (χ3n) is 4.08. The van der Waals surface area contributed by atoms with E-state index in [1.807, 2.05) is 31.2 Å². The van der Waals surface area contributed by atoms with Crippen molar-refractivity contribution in [1.29, 1.82) is 0 Å². The highest BCUT2D eigenvalue weighted by atomic mass is 16.1. The second-order valence-corrected chi connectivity index (χ2v) is 5.74. The normalized spacial score (nSPS) is 17.9. The highest BCUT2D eigenvalue weighted by molar-refractivity contribution is 5.97. The number of aryl methyl sites for hydroxylation is 1. The molecule has 1 heterocycles. The van der Waals surface area contributed by atoms with Gasteiger partial charge in [0.15, 0.2) is 5.78 Å². The lowest BCUT2D eigenvalue weighted by atomic mass is 10.0. The molecule has 19 heavy (non-hydrogen) atoms. The third kappa shape index (κ3) is 3.88. The summed E-state index contributed by atoms with van der Waals surface area (Å²) in [5.41, 5.74) is 2.02. The lowest BCUT2D eigenvalue weighted by molar-refractivity contribution is 0.0871. The number of carbonyl (C=O) groups excluding carboxylic acids is 1. The van der Waals surface area contributed by atoms with Gasteiger partial charge in [-0.3, -0.25) is 9.69 Å². The number of hydrogen-bond acceptors (Lipinski definition) is 3. The SMILES string of the molecule is Cc1ccc(C(=O)CN(C)C2CCN(C)CC2)cc1. The Kier molecular flexibility index (Phi) is 4.72. The molecule has 0 spiro atoms. The van der Waals surface area contributed by atoms with E-state index in [0.717, 1.165) is 31.5 Å². The monoisotopic (exact) mass is 260 g/mol. The summed E-state index contributed by atoms with van der Waals surface area (Å²) >= 11 is 0. The van der Waals surface area contributed by atoms with E-state index >= 15 is 0 Å². The molecule has 3 nitrogen and oxygen atoms in total. The standard InChI is InChI=1S/C16H24N2O/c1-13-4-6-14(7-5-13)16(19)12-18(3)15-8-10-17(2)11-9-15/h4-7,15H,8-12H2,1-3H3. The summed E-state index contributed by atoms with van der Waals surface area (Å²) in [6.07, 6.45) is 2.32. The summed E-state index contributed by atoms with van der Waals surface area (Å²) in [7, 11) is 4.23. The van der Waals surface area contributed by atoms with Gasteiger partial charge in [-0.05, 0) is 47.0 Å². The van der Waals surface area contributed by atoms with E-state index in [4.69, 9.17) is 0 Å². The Hall–Kier alpha value is -1.19. The highest BCUT2D eigenvalue weighted by Gasteiger charge is 2.22. The van der Waals surface area contributed by atoms with Crippen LogP contribution in [0.1, 0.15) is 28.8 Å². The minimum Gasteiger partial charge on any atom is -0.306 e. The van der Waals surface area contributed by atoms with Gasteiger partial charge in [-0.15, -0.1) is 0 Å². The van der Waals surface area contributed by atoms with Crippen LogP contribution in [0.5, 0.6) is 0 Å². The van der Waals surface area contributed by atoms with Crippen LogP contribution in [0, 0.1) is 6.92 Å². The van der Waals surface area contributed by atoms with Crippen molar-refractivity contribution in [2.75, 3.05) is 33.7 Å². The fourth-order valence-electron chi connectivity index (χ4n) is 2.62. The maximum Gasteiger partial charge on any atom is 0.176 e. The Balaban J connectivity index is 1.89. The quantitative estimate of drug-likeness (QED) is 0.775. The van der Waals surface area contributed by atoms with E-state index in [1.54, 1.807) is 0 Å².